The molecular weight excluding hydrogens is 334 g/mol. The van der Waals surface area contributed by atoms with Crippen molar-refractivity contribution >= 4 is 17.7 Å². The first kappa shape index (κ1) is 19.3. The maximum atomic E-state index is 12.1. The quantitative estimate of drug-likeness (QED) is 0.407. The minimum atomic E-state index is -0.00566. The van der Waals surface area contributed by atoms with Crippen LogP contribution in [0, 0.1) is 6.92 Å². The first-order valence-electron chi connectivity index (χ1n) is 8.71. The number of nitrogen functional groups attached to an aromatic ring is 1. The topological polar surface area (TPSA) is 85.8 Å². The SMILES string of the molecule is CCCCC[C@H](C)NC(=O)CSc1nnc(-c2ccc(C)cc2)n1N. The molecule has 2 rings (SSSR count). The molecule has 0 saturated carbocycles. The number of amides is 1. The molecule has 7 heteroatoms. The number of aryl methyl sites for hydroxylation is 1. The van der Waals surface area contributed by atoms with Gasteiger partial charge in [-0.1, -0.05) is 67.8 Å². The average Bonchev–Trinajstić information content (AvgIpc) is 2.95. The highest BCUT2D eigenvalue weighted by Gasteiger charge is 2.14. The van der Waals surface area contributed by atoms with E-state index >= 15 is 0 Å². The Kier molecular flexibility index (Phi) is 7.31. The van der Waals surface area contributed by atoms with Gasteiger partial charge in [-0.05, 0) is 20.3 Å². The highest BCUT2D eigenvalue weighted by atomic mass is 32.2. The Hall–Kier alpha value is -2.02. The van der Waals surface area contributed by atoms with Crippen LogP contribution in [0.3, 0.4) is 0 Å². The first-order valence-corrected chi connectivity index (χ1v) is 9.69. The maximum Gasteiger partial charge on any atom is 0.230 e. The standard InChI is InChI=1S/C18H27N5OS/c1-4-5-6-7-14(3)20-16(24)12-25-18-22-21-17(23(18)19)15-10-8-13(2)9-11-15/h8-11,14H,4-7,12,19H2,1-3H3,(H,20,24)/t14-/m0/s1. The van der Waals surface area contributed by atoms with Crippen molar-refractivity contribution in [1.82, 2.24) is 20.2 Å². The van der Waals surface area contributed by atoms with Gasteiger partial charge in [0.1, 0.15) is 0 Å². The van der Waals surface area contributed by atoms with Crippen LogP contribution in [0.5, 0.6) is 0 Å². The fourth-order valence-electron chi connectivity index (χ4n) is 2.49. The van der Waals surface area contributed by atoms with E-state index < -0.39 is 0 Å². The normalized spacial score (nSPS) is 12.1. The van der Waals surface area contributed by atoms with Crippen LogP contribution < -0.4 is 11.2 Å². The van der Waals surface area contributed by atoms with E-state index in [0.29, 0.717) is 11.0 Å². The van der Waals surface area contributed by atoms with Crippen molar-refractivity contribution in [1.29, 1.82) is 0 Å². The highest BCUT2D eigenvalue weighted by molar-refractivity contribution is 7.99. The minimum Gasteiger partial charge on any atom is -0.353 e. The van der Waals surface area contributed by atoms with Crippen molar-refractivity contribution in [3.63, 3.8) is 0 Å². The van der Waals surface area contributed by atoms with Crippen molar-refractivity contribution in [2.24, 2.45) is 0 Å². The van der Waals surface area contributed by atoms with Crippen LogP contribution in [0.1, 0.15) is 45.1 Å². The summed E-state index contributed by atoms with van der Waals surface area (Å²) < 4.78 is 1.44. The van der Waals surface area contributed by atoms with Gasteiger partial charge in [-0.3, -0.25) is 4.79 Å². The monoisotopic (exact) mass is 361 g/mol. The number of benzene rings is 1. The third-order valence-electron chi connectivity index (χ3n) is 3.95. The van der Waals surface area contributed by atoms with Gasteiger partial charge in [0.2, 0.25) is 11.1 Å². The van der Waals surface area contributed by atoms with Gasteiger partial charge < -0.3 is 11.2 Å². The van der Waals surface area contributed by atoms with Crippen LogP contribution in [0.15, 0.2) is 29.4 Å². The Morgan fingerprint density at radius 3 is 2.68 bits per heavy atom. The molecule has 1 heterocycles. The van der Waals surface area contributed by atoms with Crippen LogP contribution in [-0.2, 0) is 4.79 Å². The van der Waals surface area contributed by atoms with Crippen LogP contribution in [0.25, 0.3) is 11.4 Å². The first-order chi connectivity index (χ1) is 12.0. The number of aromatic nitrogens is 3. The molecule has 1 amide bonds. The molecule has 1 atom stereocenters. The smallest absolute Gasteiger partial charge is 0.230 e. The van der Waals surface area contributed by atoms with Gasteiger partial charge in [-0.15, -0.1) is 10.2 Å². The van der Waals surface area contributed by atoms with E-state index in [0.717, 1.165) is 18.4 Å². The van der Waals surface area contributed by atoms with E-state index in [-0.39, 0.29) is 17.7 Å². The average molecular weight is 362 g/mol. The fourth-order valence-corrected chi connectivity index (χ4v) is 3.16. The molecule has 136 valence electrons. The Balaban J connectivity index is 1.87. The number of thioether (sulfide) groups is 1. The number of unbranched alkanes of at least 4 members (excludes halogenated alkanes) is 2. The highest BCUT2D eigenvalue weighted by Crippen LogP contribution is 2.21. The lowest BCUT2D eigenvalue weighted by atomic mass is 10.1. The number of carbonyl (C=O) groups excluding carboxylic acids is 1. The molecule has 1 aromatic carbocycles. The number of hydrogen-bond donors (Lipinski definition) is 2. The van der Waals surface area contributed by atoms with E-state index in [2.05, 4.69) is 22.4 Å². The molecule has 0 saturated heterocycles. The molecule has 25 heavy (non-hydrogen) atoms. The molecular formula is C18H27N5OS. The summed E-state index contributed by atoms with van der Waals surface area (Å²) in [6, 6.07) is 8.12. The summed E-state index contributed by atoms with van der Waals surface area (Å²) in [7, 11) is 0. The molecule has 0 bridgehead atoms. The number of nitrogens with zero attached hydrogens (tertiary/aromatic N) is 3. The Morgan fingerprint density at radius 1 is 1.28 bits per heavy atom. The molecule has 0 spiro atoms. The summed E-state index contributed by atoms with van der Waals surface area (Å²) in [6.07, 6.45) is 4.54. The number of nitrogens with one attached hydrogen (secondary N) is 1. The zero-order chi connectivity index (χ0) is 18.2. The van der Waals surface area contributed by atoms with Crippen molar-refractivity contribution in [2.75, 3.05) is 11.6 Å². The molecule has 0 radical (unpaired) electrons. The predicted molar refractivity (Wildman–Crippen MR) is 103 cm³/mol. The largest absolute Gasteiger partial charge is 0.353 e. The fraction of sp³-hybridized carbons (Fsp3) is 0.500. The second kappa shape index (κ2) is 9.46. The lowest BCUT2D eigenvalue weighted by Crippen LogP contribution is -2.33. The Labute approximate surface area is 153 Å². The third kappa shape index (κ3) is 5.77. The van der Waals surface area contributed by atoms with Crippen molar-refractivity contribution in [3.8, 4) is 11.4 Å². The molecule has 6 nitrogen and oxygen atoms in total. The van der Waals surface area contributed by atoms with Crippen molar-refractivity contribution in [3.05, 3.63) is 29.8 Å². The number of nitrogens with two attached hydrogens (primary N) is 1. The second-order valence-corrected chi connectivity index (χ2v) is 7.24. The van der Waals surface area contributed by atoms with E-state index in [1.165, 1.54) is 34.8 Å². The number of rotatable bonds is 9. The third-order valence-corrected chi connectivity index (χ3v) is 4.90. The van der Waals surface area contributed by atoms with Gasteiger partial charge in [-0.2, -0.15) is 0 Å². The predicted octanol–water partition coefficient (Wildman–Crippen LogP) is 3.14. The van der Waals surface area contributed by atoms with Crippen molar-refractivity contribution in [2.45, 2.75) is 57.7 Å². The lowest BCUT2D eigenvalue weighted by Gasteiger charge is -2.13. The second-order valence-electron chi connectivity index (χ2n) is 6.30. The summed E-state index contributed by atoms with van der Waals surface area (Å²) in [5, 5.41) is 11.8. The van der Waals surface area contributed by atoms with Crippen LogP contribution >= 0.6 is 11.8 Å². The van der Waals surface area contributed by atoms with Crippen LogP contribution in [0.4, 0.5) is 0 Å². The molecule has 0 fully saturated rings. The van der Waals surface area contributed by atoms with E-state index in [4.69, 9.17) is 5.84 Å². The molecule has 0 aliphatic carbocycles. The molecule has 0 aliphatic heterocycles. The summed E-state index contributed by atoms with van der Waals surface area (Å²) in [6.45, 7) is 6.24. The van der Waals surface area contributed by atoms with Crippen molar-refractivity contribution < 1.29 is 4.79 Å². The molecule has 0 aliphatic rings. The summed E-state index contributed by atoms with van der Waals surface area (Å²) in [4.78, 5) is 12.1. The molecule has 3 N–H and O–H groups in total. The molecule has 2 aromatic rings. The van der Waals surface area contributed by atoms with Gasteiger partial charge in [0, 0.05) is 11.6 Å². The van der Waals surface area contributed by atoms with Crippen LogP contribution in [0.2, 0.25) is 0 Å². The summed E-state index contributed by atoms with van der Waals surface area (Å²) >= 11 is 1.30. The number of hydrogen-bond acceptors (Lipinski definition) is 5. The van der Waals surface area contributed by atoms with Gasteiger partial charge in [0.25, 0.3) is 0 Å². The summed E-state index contributed by atoms with van der Waals surface area (Å²) in [5.74, 6) is 6.95. The molecule has 1 aromatic heterocycles. The van der Waals surface area contributed by atoms with E-state index in [1.54, 1.807) is 0 Å². The van der Waals surface area contributed by atoms with E-state index in [9.17, 15) is 4.79 Å². The van der Waals surface area contributed by atoms with Gasteiger partial charge in [-0.25, -0.2) is 4.68 Å². The van der Waals surface area contributed by atoms with Gasteiger partial charge in [0.15, 0.2) is 5.82 Å². The zero-order valence-electron chi connectivity index (χ0n) is 15.2. The summed E-state index contributed by atoms with van der Waals surface area (Å²) in [5.41, 5.74) is 2.08. The van der Waals surface area contributed by atoms with E-state index in [1.807, 2.05) is 38.1 Å². The maximum absolute atomic E-state index is 12.1. The van der Waals surface area contributed by atoms with Gasteiger partial charge in [0.05, 0.1) is 5.75 Å². The van der Waals surface area contributed by atoms with Gasteiger partial charge >= 0.3 is 0 Å². The molecule has 0 unspecified atom stereocenters. The Bertz CT molecular complexity index is 683. The van der Waals surface area contributed by atoms with Crippen LogP contribution in [-0.4, -0.2) is 32.6 Å². The lowest BCUT2D eigenvalue weighted by molar-refractivity contribution is -0.119. The number of carbonyl (C=O) groups is 1. The zero-order valence-corrected chi connectivity index (χ0v) is 16.0. The minimum absolute atomic E-state index is 0.00566. The Morgan fingerprint density at radius 2 is 2.00 bits per heavy atom.